The van der Waals surface area contributed by atoms with E-state index in [2.05, 4.69) is 9.97 Å². The van der Waals surface area contributed by atoms with Crippen LogP contribution in [-0.2, 0) is 0 Å². The number of fused-ring (bicyclic) bond motifs is 4. The average molecular weight is 394 g/mol. The minimum atomic E-state index is -0.163. The Labute approximate surface area is 160 Å². The topological polar surface area (TPSA) is 75.0 Å². The molecule has 0 aliphatic carbocycles. The molecule has 2 aromatic heterocycles. The van der Waals surface area contributed by atoms with E-state index in [1.54, 1.807) is 7.11 Å². The first-order valence-corrected chi connectivity index (χ1v) is 9.95. The van der Waals surface area contributed by atoms with Crippen LogP contribution in [0.2, 0.25) is 0 Å². The molecule has 0 saturated carbocycles. The predicted molar refractivity (Wildman–Crippen MR) is 114 cm³/mol. The van der Waals surface area contributed by atoms with Gasteiger partial charge >= 0.3 is 0 Å². The molecule has 2 heterocycles. The zero-order valence-electron chi connectivity index (χ0n) is 14.5. The summed E-state index contributed by atoms with van der Waals surface area (Å²) >= 11 is 2.66. The molecule has 27 heavy (non-hydrogen) atoms. The molecule has 2 N–H and O–H groups in total. The maximum Gasteiger partial charge on any atom is 0.222 e. The number of aryl methyl sites for hydroxylation is 1. The lowest BCUT2D eigenvalue weighted by Crippen LogP contribution is -2.14. The normalized spacial score (nSPS) is 11.6. The first kappa shape index (κ1) is 16.3. The molecule has 0 fully saturated rings. The van der Waals surface area contributed by atoms with Gasteiger partial charge in [0.2, 0.25) is 10.9 Å². The number of benzene rings is 3. The number of aromatic amines is 2. The Morgan fingerprint density at radius 1 is 0.815 bits per heavy atom. The van der Waals surface area contributed by atoms with Crippen LogP contribution in [0.25, 0.3) is 40.9 Å². The van der Waals surface area contributed by atoms with Crippen LogP contribution in [-0.4, -0.2) is 17.1 Å². The van der Waals surface area contributed by atoms with Gasteiger partial charge in [-0.2, -0.15) is 0 Å². The number of nitrogens with one attached hydrogen (secondary N) is 2. The molecule has 0 radical (unpaired) electrons. The van der Waals surface area contributed by atoms with Crippen molar-refractivity contribution in [2.24, 2.45) is 0 Å². The molecule has 0 saturated heterocycles. The monoisotopic (exact) mass is 394 g/mol. The van der Waals surface area contributed by atoms with Crippen molar-refractivity contribution < 1.29 is 4.74 Å². The fourth-order valence-electron chi connectivity index (χ4n) is 3.21. The zero-order valence-corrected chi connectivity index (χ0v) is 16.1. The van der Waals surface area contributed by atoms with Crippen molar-refractivity contribution in [3.63, 3.8) is 0 Å². The minimum Gasteiger partial charge on any atom is -0.497 e. The first-order valence-electron chi connectivity index (χ1n) is 8.31. The fourth-order valence-corrected chi connectivity index (χ4v) is 5.40. The van der Waals surface area contributed by atoms with Crippen LogP contribution in [0.5, 0.6) is 5.75 Å². The van der Waals surface area contributed by atoms with Crippen LogP contribution < -0.4 is 15.6 Å². The van der Waals surface area contributed by atoms with Gasteiger partial charge < -0.3 is 14.7 Å². The highest BCUT2D eigenvalue weighted by Crippen LogP contribution is 2.29. The van der Waals surface area contributed by atoms with Gasteiger partial charge in [-0.3, -0.25) is 9.59 Å². The summed E-state index contributed by atoms with van der Waals surface area (Å²) in [5.74, 6) is 0.706. The van der Waals surface area contributed by atoms with Crippen LogP contribution in [0, 0.1) is 6.92 Å². The van der Waals surface area contributed by atoms with Crippen molar-refractivity contribution in [3.05, 3.63) is 62.4 Å². The largest absolute Gasteiger partial charge is 0.497 e. The van der Waals surface area contributed by atoms with E-state index >= 15 is 0 Å². The van der Waals surface area contributed by atoms with Crippen molar-refractivity contribution >= 4 is 63.5 Å². The molecule has 0 bridgehead atoms. The standard InChI is InChI=1S/C20H14N2O3S2/c1-9-3-5-11-13(7-9)26-19-15(21-11)18(24)20-16(17(19)23)22-12-6-4-10(25-2)8-14(12)27-20/h3-8,21-22H,1-2H3. The summed E-state index contributed by atoms with van der Waals surface area (Å²) in [6, 6.07) is 11.5. The van der Waals surface area contributed by atoms with E-state index in [0.717, 1.165) is 26.0 Å². The molecule has 134 valence electrons. The summed E-state index contributed by atoms with van der Waals surface area (Å²) in [6.07, 6.45) is 0. The molecule has 0 aliphatic heterocycles. The summed E-state index contributed by atoms with van der Waals surface area (Å²) in [6.45, 7) is 2.00. The Morgan fingerprint density at radius 2 is 1.37 bits per heavy atom. The number of hydrogen-bond acceptors (Lipinski definition) is 5. The highest BCUT2D eigenvalue weighted by molar-refractivity contribution is 7.25. The fraction of sp³-hybridized carbons (Fsp3) is 0.100. The molecule has 0 unspecified atom stereocenters. The molecule has 5 aromatic rings. The zero-order chi connectivity index (χ0) is 18.7. The van der Waals surface area contributed by atoms with Gasteiger partial charge in [-0.15, -0.1) is 22.7 Å². The van der Waals surface area contributed by atoms with Crippen LogP contribution >= 0.6 is 22.7 Å². The van der Waals surface area contributed by atoms with Crippen LogP contribution in [0.15, 0.2) is 46.0 Å². The minimum absolute atomic E-state index is 0.154. The lowest BCUT2D eigenvalue weighted by atomic mass is 10.2. The van der Waals surface area contributed by atoms with E-state index in [1.165, 1.54) is 22.7 Å². The smallest absolute Gasteiger partial charge is 0.222 e. The average Bonchev–Trinajstić information content (AvgIpc) is 2.69. The van der Waals surface area contributed by atoms with Crippen molar-refractivity contribution in [1.29, 1.82) is 0 Å². The SMILES string of the molecule is COc1ccc2[nH]c3c(=O)c4sc5cc(C)ccc5[nH]c4c(=O)c3sc2c1. The van der Waals surface area contributed by atoms with Crippen molar-refractivity contribution in [2.45, 2.75) is 6.92 Å². The molecular formula is C20H14N2O3S2. The van der Waals surface area contributed by atoms with Gasteiger partial charge in [-0.25, -0.2) is 0 Å². The van der Waals surface area contributed by atoms with E-state index in [-0.39, 0.29) is 10.9 Å². The predicted octanol–water partition coefficient (Wildman–Crippen LogP) is 4.68. The number of H-pyrrole nitrogens is 2. The van der Waals surface area contributed by atoms with Gasteiger partial charge in [-0.1, -0.05) is 6.07 Å². The molecule has 0 amide bonds. The lowest BCUT2D eigenvalue weighted by molar-refractivity contribution is 0.415. The van der Waals surface area contributed by atoms with E-state index in [0.29, 0.717) is 26.2 Å². The first-order chi connectivity index (χ1) is 13.0. The number of ether oxygens (including phenoxy) is 1. The Hall–Kier alpha value is -2.90. The van der Waals surface area contributed by atoms with Gasteiger partial charge in [0, 0.05) is 0 Å². The third-order valence-electron chi connectivity index (χ3n) is 4.59. The summed E-state index contributed by atoms with van der Waals surface area (Å²) in [7, 11) is 1.60. The van der Waals surface area contributed by atoms with E-state index in [9.17, 15) is 9.59 Å². The number of rotatable bonds is 1. The molecule has 0 aliphatic rings. The quantitative estimate of drug-likeness (QED) is 0.406. The van der Waals surface area contributed by atoms with E-state index in [1.807, 2.05) is 43.3 Å². The van der Waals surface area contributed by atoms with Gasteiger partial charge in [-0.05, 0) is 42.8 Å². The van der Waals surface area contributed by atoms with Crippen molar-refractivity contribution in [1.82, 2.24) is 9.97 Å². The maximum atomic E-state index is 13.1. The highest BCUT2D eigenvalue weighted by atomic mass is 32.1. The molecule has 5 nitrogen and oxygen atoms in total. The summed E-state index contributed by atoms with van der Waals surface area (Å²) in [5.41, 5.74) is 3.16. The number of hydrogen-bond donors (Lipinski definition) is 2. The second-order valence-corrected chi connectivity index (χ2v) is 8.49. The molecule has 7 heteroatoms. The van der Waals surface area contributed by atoms with Gasteiger partial charge in [0.15, 0.2) is 0 Å². The Morgan fingerprint density at radius 3 is 1.96 bits per heavy atom. The third kappa shape index (κ3) is 2.43. The third-order valence-corrected chi connectivity index (χ3v) is 6.89. The highest BCUT2D eigenvalue weighted by Gasteiger charge is 2.15. The van der Waals surface area contributed by atoms with Crippen LogP contribution in [0.4, 0.5) is 0 Å². The Balaban J connectivity index is 1.98. The van der Waals surface area contributed by atoms with Crippen molar-refractivity contribution in [2.75, 3.05) is 7.11 Å². The van der Waals surface area contributed by atoms with Gasteiger partial charge in [0.25, 0.3) is 0 Å². The van der Waals surface area contributed by atoms with E-state index < -0.39 is 0 Å². The number of aromatic nitrogens is 2. The second kappa shape index (κ2) is 5.80. The number of methoxy groups -OCH3 is 1. The molecule has 0 atom stereocenters. The maximum absolute atomic E-state index is 13.1. The van der Waals surface area contributed by atoms with Crippen LogP contribution in [0.3, 0.4) is 0 Å². The van der Waals surface area contributed by atoms with Crippen molar-refractivity contribution in [3.8, 4) is 5.75 Å². The summed E-state index contributed by atoms with van der Waals surface area (Å²) in [5, 5.41) is 0. The summed E-state index contributed by atoms with van der Waals surface area (Å²) < 4.78 is 7.94. The molecule has 0 spiro atoms. The molecule has 5 rings (SSSR count). The summed E-state index contributed by atoms with van der Waals surface area (Å²) in [4.78, 5) is 32.6. The second-order valence-electron chi connectivity index (χ2n) is 6.38. The lowest BCUT2D eigenvalue weighted by Gasteiger charge is -2.07. The Bertz CT molecular complexity index is 1520. The Kier molecular flexibility index (Phi) is 3.50. The van der Waals surface area contributed by atoms with Crippen LogP contribution in [0.1, 0.15) is 5.56 Å². The molecule has 3 aromatic carbocycles. The molecular weight excluding hydrogens is 380 g/mol. The van der Waals surface area contributed by atoms with Gasteiger partial charge in [0.1, 0.15) is 26.2 Å². The van der Waals surface area contributed by atoms with Gasteiger partial charge in [0.05, 0.1) is 27.5 Å². The van der Waals surface area contributed by atoms with E-state index in [4.69, 9.17) is 4.74 Å².